The van der Waals surface area contributed by atoms with Crippen molar-refractivity contribution in [3.8, 4) is 0 Å². The highest BCUT2D eigenvalue weighted by molar-refractivity contribution is 5.88. The van der Waals surface area contributed by atoms with Gasteiger partial charge in [-0.1, -0.05) is 36.8 Å². The van der Waals surface area contributed by atoms with Crippen LogP contribution in [0.3, 0.4) is 0 Å². The SMILES string of the molecule is O=C(NC1CCCC(C(F)(F)F)C1)C1(c2ccccc2)CCOCC1. The predicted molar refractivity (Wildman–Crippen MR) is 88.1 cm³/mol. The second-order valence-electron chi connectivity index (χ2n) is 7.14. The number of carbonyl (C=O) groups excluding carboxylic acids is 1. The number of benzene rings is 1. The average molecular weight is 355 g/mol. The minimum Gasteiger partial charge on any atom is -0.381 e. The zero-order valence-electron chi connectivity index (χ0n) is 14.1. The zero-order valence-corrected chi connectivity index (χ0v) is 14.1. The zero-order chi connectivity index (χ0) is 17.9. The summed E-state index contributed by atoms with van der Waals surface area (Å²) in [5.41, 5.74) is 0.212. The van der Waals surface area contributed by atoms with Crippen molar-refractivity contribution >= 4 is 5.91 Å². The van der Waals surface area contributed by atoms with Crippen molar-refractivity contribution in [3.05, 3.63) is 35.9 Å². The van der Waals surface area contributed by atoms with E-state index in [1.54, 1.807) is 0 Å². The molecule has 3 nitrogen and oxygen atoms in total. The lowest BCUT2D eigenvalue weighted by Gasteiger charge is -2.39. The lowest BCUT2D eigenvalue weighted by molar-refractivity contribution is -0.184. The number of rotatable bonds is 3. The van der Waals surface area contributed by atoms with Crippen LogP contribution in [-0.2, 0) is 14.9 Å². The van der Waals surface area contributed by atoms with Crippen molar-refractivity contribution in [1.82, 2.24) is 5.32 Å². The first-order valence-corrected chi connectivity index (χ1v) is 8.93. The number of alkyl halides is 3. The van der Waals surface area contributed by atoms with E-state index in [0.717, 1.165) is 5.56 Å². The van der Waals surface area contributed by atoms with Crippen molar-refractivity contribution in [2.24, 2.45) is 5.92 Å². The number of nitrogens with one attached hydrogen (secondary N) is 1. The molecule has 25 heavy (non-hydrogen) atoms. The smallest absolute Gasteiger partial charge is 0.381 e. The van der Waals surface area contributed by atoms with E-state index in [0.29, 0.717) is 38.9 Å². The van der Waals surface area contributed by atoms with Crippen LogP contribution >= 0.6 is 0 Å². The normalized spacial score (nSPS) is 26.8. The number of ether oxygens (including phenoxy) is 1. The van der Waals surface area contributed by atoms with Crippen molar-refractivity contribution in [2.45, 2.75) is 56.2 Å². The molecule has 1 N–H and O–H groups in total. The van der Waals surface area contributed by atoms with E-state index < -0.39 is 23.6 Å². The molecule has 0 aromatic heterocycles. The van der Waals surface area contributed by atoms with Crippen LogP contribution in [0.25, 0.3) is 0 Å². The third-order valence-corrected chi connectivity index (χ3v) is 5.58. The second-order valence-corrected chi connectivity index (χ2v) is 7.14. The molecule has 3 rings (SSSR count). The summed E-state index contributed by atoms with van der Waals surface area (Å²) in [6, 6.07) is 9.11. The molecule has 1 aromatic rings. The first-order chi connectivity index (χ1) is 11.9. The van der Waals surface area contributed by atoms with Crippen LogP contribution in [0.4, 0.5) is 13.2 Å². The van der Waals surface area contributed by atoms with Gasteiger partial charge in [-0.15, -0.1) is 0 Å². The topological polar surface area (TPSA) is 38.3 Å². The third-order valence-electron chi connectivity index (χ3n) is 5.58. The molecular formula is C19H24F3NO2. The van der Waals surface area contributed by atoms with Crippen LogP contribution in [0, 0.1) is 5.92 Å². The summed E-state index contributed by atoms with van der Waals surface area (Å²) in [5.74, 6) is -1.47. The van der Waals surface area contributed by atoms with E-state index in [1.165, 1.54) is 0 Å². The van der Waals surface area contributed by atoms with Gasteiger partial charge in [0.2, 0.25) is 5.91 Å². The van der Waals surface area contributed by atoms with E-state index >= 15 is 0 Å². The van der Waals surface area contributed by atoms with Gasteiger partial charge in [0.05, 0.1) is 11.3 Å². The molecule has 2 unspecified atom stereocenters. The summed E-state index contributed by atoms with van der Waals surface area (Å²) >= 11 is 0. The van der Waals surface area contributed by atoms with Gasteiger partial charge in [0.25, 0.3) is 0 Å². The van der Waals surface area contributed by atoms with Crippen molar-refractivity contribution in [2.75, 3.05) is 13.2 Å². The molecule has 138 valence electrons. The molecule has 1 heterocycles. The molecule has 2 fully saturated rings. The van der Waals surface area contributed by atoms with Crippen molar-refractivity contribution < 1.29 is 22.7 Å². The van der Waals surface area contributed by atoms with Crippen molar-refractivity contribution in [1.29, 1.82) is 0 Å². The molecule has 1 amide bonds. The molecule has 1 aliphatic heterocycles. The summed E-state index contributed by atoms with van der Waals surface area (Å²) in [5, 5.41) is 2.94. The Morgan fingerprint density at radius 1 is 1.12 bits per heavy atom. The Morgan fingerprint density at radius 3 is 2.44 bits per heavy atom. The fraction of sp³-hybridized carbons (Fsp3) is 0.632. The van der Waals surface area contributed by atoms with Gasteiger partial charge in [-0.25, -0.2) is 0 Å². The maximum Gasteiger partial charge on any atom is 0.391 e. The number of hydrogen-bond donors (Lipinski definition) is 1. The average Bonchev–Trinajstić information content (AvgIpc) is 2.62. The number of hydrogen-bond acceptors (Lipinski definition) is 2. The first-order valence-electron chi connectivity index (χ1n) is 8.93. The molecule has 0 bridgehead atoms. The molecule has 2 aliphatic rings. The van der Waals surface area contributed by atoms with Gasteiger partial charge in [-0.2, -0.15) is 13.2 Å². The molecule has 1 aromatic carbocycles. The highest BCUT2D eigenvalue weighted by atomic mass is 19.4. The van der Waals surface area contributed by atoms with E-state index in [2.05, 4.69) is 5.32 Å². The van der Waals surface area contributed by atoms with Crippen LogP contribution < -0.4 is 5.32 Å². The Kier molecular flexibility index (Phi) is 5.37. The van der Waals surface area contributed by atoms with Crippen LogP contribution in [0.5, 0.6) is 0 Å². The Bertz CT molecular complexity index is 582. The molecule has 0 spiro atoms. The minimum absolute atomic E-state index is 0.0173. The van der Waals surface area contributed by atoms with Gasteiger partial charge in [-0.05, 0) is 37.7 Å². The highest BCUT2D eigenvalue weighted by Crippen LogP contribution is 2.39. The van der Waals surface area contributed by atoms with Crippen LogP contribution in [0.2, 0.25) is 0 Å². The molecule has 1 aliphatic carbocycles. The van der Waals surface area contributed by atoms with E-state index in [1.807, 2.05) is 30.3 Å². The Morgan fingerprint density at radius 2 is 1.80 bits per heavy atom. The maximum atomic E-state index is 13.1. The van der Waals surface area contributed by atoms with Crippen LogP contribution in [0.15, 0.2) is 30.3 Å². The Labute approximate surface area is 145 Å². The van der Waals surface area contributed by atoms with Gasteiger partial charge in [0, 0.05) is 19.3 Å². The van der Waals surface area contributed by atoms with Crippen LogP contribution in [-0.4, -0.2) is 31.3 Å². The van der Waals surface area contributed by atoms with Gasteiger partial charge in [-0.3, -0.25) is 4.79 Å². The Balaban J connectivity index is 1.75. The predicted octanol–water partition coefficient (Wildman–Crippen LogP) is 3.97. The first kappa shape index (κ1) is 18.2. The van der Waals surface area contributed by atoms with E-state index in [9.17, 15) is 18.0 Å². The fourth-order valence-corrected chi connectivity index (χ4v) is 4.07. The maximum absolute atomic E-state index is 13.1. The van der Waals surface area contributed by atoms with Gasteiger partial charge >= 0.3 is 6.18 Å². The summed E-state index contributed by atoms with van der Waals surface area (Å²) in [4.78, 5) is 13.1. The third kappa shape index (κ3) is 4.00. The molecule has 6 heteroatoms. The Hall–Kier alpha value is -1.56. The fourth-order valence-electron chi connectivity index (χ4n) is 4.07. The molecule has 1 saturated carbocycles. The number of halogens is 3. The lowest BCUT2D eigenvalue weighted by Crippen LogP contribution is -2.52. The molecular weight excluding hydrogens is 331 g/mol. The molecule has 2 atom stereocenters. The standard InChI is InChI=1S/C19H24F3NO2/c20-19(21,22)15-7-4-8-16(13-15)23-17(24)18(9-11-25-12-10-18)14-5-2-1-3-6-14/h1-3,5-6,15-16H,4,7-13H2,(H,23,24). The highest BCUT2D eigenvalue weighted by Gasteiger charge is 2.45. The summed E-state index contributed by atoms with van der Waals surface area (Å²) < 4.78 is 44.5. The largest absolute Gasteiger partial charge is 0.391 e. The van der Waals surface area contributed by atoms with Gasteiger partial charge in [0.1, 0.15) is 0 Å². The monoisotopic (exact) mass is 355 g/mol. The summed E-state index contributed by atoms with van der Waals surface area (Å²) in [6.45, 7) is 0.969. The molecule has 1 saturated heterocycles. The summed E-state index contributed by atoms with van der Waals surface area (Å²) in [7, 11) is 0. The van der Waals surface area contributed by atoms with E-state index in [-0.39, 0.29) is 18.7 Å². The van der Waals surface area contributed by atoms with Gasteiger partial charge in [0.15, 0.2) is 0 Å². The summed E-state index contributed by atoms with van der Waals surface area (Å²) in [6.07, 6.45) is -1.82. The number of amides is 1. The van der Waals surface area contributed by atoms with E-state index in [4.69, 9.17) is 4.74 Å². The van der Waals surface area contributed by atoms with Crippen molar-refractivity contribution in [3.63, 3.8) is 0 Å². The number of carbonyl (C=O) groups is 1. The molecule has 0 radical (unpaired) electrons. The van der Waals surface area contributed by atoms with Crippen LogP contribution in [0.1, 0.15) is 44.1 Å². The second kappa shape index (κ2) is 7.36. The minimum atomic E-state index is -4.18. The lowest BCUT2D eigenvalue weighted by atomic mass is 9.73. The van der Waals surface area contributed by atoms with Gasteiger partial charge < -0.3 is 10.1 Å². The quantitative estimate of drug-likeness (QED) is 0.891.